The van der Waals surface area contributed by atoms with Crippen LogP contribution < -0.4 is 0 Å². The molecule has 0 N–H and O–H groups in total. The average Bonchev–Trinajstić information content (AvgIpc) is 2.34. The van der Waals surface area contributed by atoms with Crippen LogP contribution in [0.5, 0.6) is 0 Å². The molecule has 1 nitrogen and oxygen atoms in total. The molecule has 2 fully saturated rings. The highest BCUT2D eigenvalue weighted by atomic mass is 16.5. The summed E-state index contributed by atoms with van der Waals surface area (Å²) < 4.78 is 5.60. The summed E-state index contributed by atoms with van der Waals surface area (Å²) in [6.45, 7) is 0. The summed E-state index contributed by atoms with van der Waals surface area (Å²) in [5.74, 6) is 2.47. The number of rotatable bonds is 1. The van der Waals surface area contributed by atoms with Crippen LogP contribution in [0.1, 0.15) is 12.8 Å². The molecule has 0 aliphatic heterocycles. The molecule has 1 heteroatoms. The van der Waals surface area contributed by atoms with E-state index in [4.69, 9.17) is 4.74 Å². The van der Waals surface area contributed by atoms with Gasteiger partial charge in [-0.05, 0) is 18.8 Å². The van der Waals surface area contributed by atoms with Gasteiger partial charge in [0, 0.05) is 18.9 Å². The van der Waals surface area contributed by atoms with E-state index in [1.807, 2.05) is 7.11 Å². The lowest BCUT2D eigenvalue weighted by molar-refractivity contribution is 0.0463. The minimum absolute atomic E-state index is 0.319. The molecule has 3 aliphatic carbocycles. The zero-order valence-electron chi connectivity index (χ0n) is 6.21. The third-order valence-electron chi connectivity index (χ3n) is 3.70. The van der Waals surface area contributed by atoms with Gasteiger partial charge in [0.05, 0.1) is 5.60 Å². The van der Waals surface area contributed by atoms with Gasteiger partial charge < -0.3 is 4.74 Å². The highest BCUT2D eigenvalue weighted by Gasteiger charge is 2.72. The van der Waals surface area contributed by atoms with Gasteiger partial charge in [-0.25, -0.2) is 0 Å². The molecule has 0 spiro atoms. The molecule has 0 aromatic carbocycles. The lowest BCUT2D eigenvalue weighted by Gasteiger charge is -2.15. The molecule has 0 saturated heterocycles. The van der Waals surface area contributed by atoms with Crippen molar-refractivity contribution in [1.82, 2.24) is 0 Å². The summed E-state index contributed by atoms with van der Waals surface area (Å²) in [4.78, 5) is 0. The number of hydrogen-bond donors (Lipinski definition) is 0. The van der Waals surface area contributed by atoms with Gasteiger partial charge in [0.25, 0.3) is 0 Å². The van der Waals surface area contributed by atoms with Gasteiger partial charge in [-0.1, -0.05) is 12.2 Å². The first-order valence-electron chi connectivity index (χ1n) is 4.13. The quantitative estimate of drug-likeness (QED) is 0.497. The average molecular weight is 136 g/mol. The van der Waals surface area contributed by atoms with Gasteiger partial charge in [-0.2, -0.15) is 0 Å². The Bertz CT molecular complexity index is 209. The van der Waals surface area contributed by atoms with Crippen molar-refractivity contribution in [2.75, 3.05) is 7.11 Å². The van der Waals surface area contributed by atoms with Gasteiger partial charge in [0.15, 0.2) is 0 Å². The van der Waals surface area contributed by atoms with E-state index >= 15 is 0 Å². The Kier molecular flexibility index (Phi) is 0.713. The third kappa shape index (κ3) is 0.323. The SMILES string of the molecule is COC12[C@@H]3C=C[C@H]1CC[C@@H]32. The van der Waals surface area contributed by atoms with Crippen molar-refractivity contribution in [3.8, 4) is 0 Å². The minimum atomic E-state index is 0.319. The van der Waals surface area contributed by atoms with E-state index < -0.39 is 0 Å². The molecule has 0 radical (unpaired) electrons. The Labute approximate surface area is 61.1 Å². The zero-order chi connectivity index (χ0) is 6.77. The molecule has 0 amide bonds. The van der Waals surface area contributed by atoms with Crippen LogP contribution >= 0.6 is 0 Å². The van der Waals surface area contributed by atoms with Crippen molar-refractivity contribution in [3.05, 3.63) is 12.2 Å². The van der Waals surface area contributed by atoms with Crippen molar-refractivity contribution in [2.45, 2.75) is 18.4 Å². The summed E-state index contributed by atoms with van der Waals surface area (Å²) in [5, 5.41) is 0. The summed E-state index contributed by atoms with van der Waals surface area (Å²) in [7, 11) is 1.87. The Balaban J connectivity index is 2.05. The number of fused-ring (bicyclic) bond motifs is 1. The molecule has 3 rings (SSSR count). The maximum atomic E-state index is 5.60. The second kappa shape index (κ2) is 1.33. The lowest BCUT2D eigenvalue weighted by Crippen LogP contribution is -2.19. The first kappa shape index (κ1) is 5.36. The summed E-state index contributed by atoms with van der Waals surface area (Å²) >= 11 is 0. The maximum absolute atomic E-state index is 5.60. The van der Waals surface area contributed by atoms with E-state index in [9.17, 15) is 0 Å². The molecule has 0 bridgehead atoms. The number of methoxy groups -OCH3 is 1. The topological polar surface area (TPSA) is 9.23 Å². The second-order valence-corrected chi connectivity index (χ2v) is 3.76. The van der Waals surface area contributed by atoms with E-state index in [0.29, 0.717) is 5.60 Å². The van der Waals surface area contributed by atoms with Crippen LogP contribution in [0.3, 0.4) is 0 Å². The van der Waals surface area contributed by atoms with Crippen LogP contribution in [-0.4, -0.2) is 12.7 Å². The molecule has 2 saturated carbocycles. The van der Waals surface area contributed by atoms with E-state index in [2.05, 4.69) is 12.2 Å². The van der Waals surface area contributed by atoms with E-state index in [1.54, 1.807) is 0 Å². The molecule has 1 unspecified atom stereocenters. The van der Waals surface area contributed by atoms with Gasteiger partial charge in [0.2, 0.25) is 0 Å². The highest BCUT2D eigenvalue weighted by Crippen LogP contribution is 2.70. The maximum Gasteiger partial charge on any atom is 0.0841 e. The lowest BCUT2D eigenvalue weighted by atomic mass is 10.0. The van der Waals surface area contributed by atoms with Crippen molar-refractivity contribution in [3.63, 3.8) is 0 Å². The second-order valence-electron chi connectivity index (χ2n) is 3.76. The van der Waals surface area contributed by atoms with Gasteiger partial charge in [0.1, 0.15) is 0 Å². The molecule has 0 aromatic heterocycles. The standard InChI is InChI=1S/C9H12O/c1-10-9-6-2-4-7(9)8(9)5-3-6/h2,4,6-8H,3,5H2,1H3/t6-,7+,8-,9?/m0/s1. The Morgan fingerprint density at radius 2 is 2.30 bits per heavy atom. The predicted molar refractivity (Wildman–Crippen MR) is 38.6 cm³/mol. The number of hydrogen-bond acceptors (Lipinski definition) is 1. The molecular weight excluding hydrogens is 124 g/mol. The monoisotopic (exact) mass is 136 g/mol. The van der Waals surface area contributed by atoms with E-state index in [0.717, 1.165) is 17.8 Å². The molecule has 10 heavy (non-hydrogen) atoms. The van der Waals surface area contributed by atoms with Crippen molar-refractivity contribution in [2.24, 2.45) is 17.8 Å². The fourth-order valence-corrected chi connectivity index (χ4v) is 3.22. The largest absolute Gasteiger partial charge is 0.377 e. The van der Waals surface area contributed by atoms with Crippen LogP contribution in [0, 0.1) is 17.8 Å². The van der Waals surface area contributed by atoms with Gasteiger partial charge in [-0.15, -0.1) is 0 Å². The minimum Gasteiger partial charge on any atom is -0.377 e. The summed E-state index contributed by atoms with van der Waals surface area (Å²) in [5.41, 5.74) is 0.319. The molecule has 3 aliphatic rings. The Hall–Kier alpha value is -0.300. The van der Waals surface area contributed by atoms with Gasteiger partial charge in [-0.3, -0.25) is 0 Å². The first-order chi connectivity index (χ1) is 4.89. The smallest absolute Gasteiger partial charge is 0.0841 e. The molecule has 4 atom stereocenters. The highest BCUT2D eigenvalue weighted by molar-refractivity contribution is 5.35. The van der Waals surface area contributed by atoms with Gasteiger partial charge >= 0.3 is 0 Å². The predicted octanol–water partition coefficient (Wildman–Crippen LogP) is 1.60. The van der Waals surface area contributed by atoms with Crippen LogP contribution in [0.25, 0.3) is 0 Å². The van der Waals surface area contributed by atoms with Crippen LogP contribution in [0.4, 0.5) is 0 Å². The summed E-state index contributed by atoms with van der Waals surface area (Å²) in [6, 6.07) is 0. The molecular formula is C9H12O. The van der Waals surface area contributed by atoms with Crippen molar-refractivity contribution < 1.29 is 4.74 Å². The molecule has 0 heterocycles. The van der Waals surface area contributed by atoms with Crippen LogP contribution in [0.2, 0.25) is 0 Å². The van der Waals surface area contributed by atoms with E-state index in [1.165, 1.54) is 12.8 Å². The van der Waals surface area contributed by atoms with Crippen LogP contribution in [0.15, 0.2) is 12.2 Å². The third-order valence-corrected chi connectivity index (χ3v) is 3.70. The first-order valence-corrected chi connectivity index (χ1v) is 4.13. The van der Waals surface area contributed by atoms with Crippen LogP contribution in [-0.2, 0) is 4.74 Å². The fourth-order valence-electron chi connectivity index (χ4n) is 3.22. The van der Waals surface area contributed by atoms with E-state index in [-0.39, 0.29) is 0 Å². The Morgan fingerprint density at radius 1 is 1.40 bits per heavy atom. The fraction of sp³-hybridized carbons (Fsp3) is 0.778. The molecule has 0 aromatic rings. The Morgan fingerprint density at radius 3 is 2.80 bits per heavy atom. The van der Waals surface area contributed by atoms with Crippen molar-refractivity contribution in [1.29, 1.82) is 0 Å². The zero-order valence-corrected chi connectivity index (χ0v) is 6.21. The summed E-state index contributed by atoms with van der Waals surface area (Å²) in [6.07, 6.45) is 7.49. The molecule has 54 valence electrons. The normalized spacial score (nSPS) is 61.1. The van der Waals surface area contributed by atoms with Crippen molar-refractivity contribution >= 4 is 0 Å². The number of ether oxygens (including phenoxy) is 1.